The summed E-state index contributed by atoms with van der Waals surface area (Å²) < 4.78 is 0. The van der Waals surface area contributed by atoms with Gasteiger partial charge in [-0.15, -0.1) is 0 Å². The van der Waals surface area contributed by atoms with E-state index in [-0.39, 0.29) is 0 Å². The summed E-state index contributed by atoms with van der Waals surface area (Å²) >= 11 is 0. The quantitative estimate of drug-likeness (QED) is 0.589. The minimum absolute atomic E-state index is 0.565. The van der Waals surface area contributed by atoms with E-state index in [0.29, 0.717) is 5.78 Å². The SMILES string of the molecule is C=C1CC[C@@H]2[C@H](CC[C@H]3[C@H]2CC[C@H]2CC(=O)C[C@@H]23)C1. The van der Waals surface area contributed by atoms with Crippen LogP contribution < -0.4 is 0 Å². The Kier molecular flexibility index (Phi) is 2.86. The molecule has 0 unspecified atom stereocenters. The number of hydrogen-bond acceptors (Lipinski definition) is 1. The van der Waals surface area contributed by atoms with Gasteiger partial charge in [-0.05, 0) is 80.5 Å². The van der Waals surface area contributed by atoms with E-state index in [4.69, 9.17) is 0 Å². The number of Topliss-reactive ketones (excluding diaryl/α,β-unsaturated/α-hetero) is 1. The van der Waals surface area contributed by atoms with E-state index in [1.807, 2.05) is 0 Å². The summed E-state index contributed by atoms with van der Waals surface area (Å²) in [5.41, 5.74) is 1.50. The van der Waals surface area contributed by atoms with E-state index in [1.54, 1.807) is 0 Å². The third-order valence-corrected chi connectivity index (χ3v) is 6.94. The van der Waals surface area contributed by atoms with Crippen molar-refractivity contribution >= 4 is 5.78 Å². The molecule has 104 valence electrons. The maximum atomic E-state index is 11.8. The van der Waals surface area contributed by atoms with Crippen molar-refractivity contribution in [1.82, 2.24) is 0 Å². The third kappa shape index (κ3) is 1.92. The molecule has 19 heavy (non-hydrogen) atoms. The van der Waals surface area contributed by atoms with Gasteiger partial charge >= 0.3 is 0 Å². The Labute approximate surface area is 116 Å². The highest BCUT2D eigenvalue weighted by molar-refractivity contribution is 5.81. The average molecular weight is 258 g/mol. The van der Waals surface area contributed by atoms with Crippen molar-refractivity contribution in [1.29, 1.82) is 0 Å². The van der Waals surface area contributed by atoms with E-state index in [2.05, 4.69) is 6.58 Å². The lowest BCUT2D eigenvalue weighted by Gasteiger charge is -2.51. The summed E-state index contributed by atoms with van der Waals surface area (Å²) in [6.07, 6.45) is 11.4. The smallest absolute Gasteiger partial charge is 0.133 e. The van der Waals surface area contributed by atoms with Crippen molar-refractivity contribution in [3.8, 4) is 0 Å². The van der Waals surface area contributed by atoms with Crippen molar-refractivity contribution in [2.75, 3.05) is 0 Å². The summed E-state index contributed by atoms with van der Waals surface area (Å²) in [5.74, 6) is 5.88. The summed E-state index contributed by atoms with van der Waals surface area (Å²) in [6, 6.07) is 0. The van der Waals surface area contributed by atoms with E-state index in [1.165, 1.54) is 50.5 Å². The fourth-order valence-corrected chi connectivity index (χ4v) is 6.19. The van der Waals surface area contributed by atoms with Gasteiger partial charge in [0.25, 0.3) is 0 Å². The molecule has 0 radical (unpaired) electrons. The number of rotatable bonds is 0. The molecule has 4 fully saturated rings. The van der Waals surface area contributed by atoms with E-state index in [0.717, 1.165) is 48.3 Å². The molecule has 0 aromatic carbocycles. The first-order chi connectivity index (χ1) is 9.22. The molecule has 6 atom stereocenters. The Morgan fingerprint density at radius 3 is 2.21 bits per heavy atom. The fourth-order valence-electron chi connectivity index (χ4n) is 6.19. The summed E-state index contributed by atoms with van der Waals surface area (Å²) in [6.45, 7) is 4.23. The number of fused-ring (bicyclic) bond motifs is 5. The van der Waals surface area contributed by atoms with Crippen LogP contribution in [0.4, 0.5) is 0 Å². The van der Waals surface area contributed by atoms with Crippen molar-refractivity contribution in [2.45, 2.75) is 57.8 Å². The average Bonchev–Trinajstić information content (AvgIpc) is 2.78. The highest BCUT2D eigenvalue weighted by Crippen LogP contribution is 2.57. The zero-order chi connectivity index (χ0) is 13.0. The molecule has 4 saturated carbocycles. The molecule has 0 heterocycles. The lowest BCUT2D eigenvalue weighted by atomic mass is 9.53. The summed E-state index contributed by atoms with van der Waals surface area (Å²) in [7, 11) is 0. The van der Waals surface area contributed by atoms with Gasteiger partial charge in [0.2, 0.25) is 0 Å². The Morgan fingerprint density at radius 1 is 0.737 bits per heavy atom. The number of ketones is 1. The second-order valence-electron chi connectivity index (χ2n) is 7.77. The van der Waals surface area contributed by atoms with Crippen LogP contribution in [0.3, 0.4) is 0 Å². The van der Waals surface area contributed by atoms with E-state index >= 15 is 0 Å². The highest BCUT2D eigenvalue weighted by Gasteiger charge is 2.50. The fraction of sp³-hybridized carbons (Fsp3) is 0.833. The van der Waals surface area contributed by atoms with Gasteiger partial charge in [-0.25, -0.2) is 0 Å². The monoisotopic (exact) mass is 258 g/mol. The van der Waals surface area contributed by atoms with Gasteiger partial charge in [0, 0.05) is 12.8 Å². The van der Waals surface area contributed by atoms with E-state index < -0.39 is 0 Å². The lowest BCUT2D eigenvalue weighted by molar-refractivity contribution is -0.117. The van der Waals surface area contributed by atoms with E-state index in [9.17, 15) is 4.79 Å². The van der Waals surface area contributed by atoms with Gasteiger partial charge in [-0.2, -0.15) is 0 Å². The molecule has 0 spiro atoms. The van der Waals surface area contributed by atoms with Gasteiger partial charge in [0.05, 0.1) is 0 Å². The molecule has 0 saturated heterocycles. The van der Waals surface area contributed by atoms with Crippen LogP contribution in [0.5, 0.6) is 0 Å². The first kappa shape index (κ1) is 12.2. The Morgan fingerprint density at radius 2 is 1.42 bits per heavy atom. The predicted octanol–water partition coefficient (Wildman–Crippen LogP) is 4.37. The number of hydrogen-bond donors (Lipinski definition) is 0. The van der Waals surface area contributed by atoms with Crippen molar-refractivity contribution in [2.24, 2.45) is 35.5 Å². The van der Waals surface area contributed by atoms with Crippen LogP contribution in [0.25, 0.3) is 0 Å². The standard InChI is InChI=1S/C18H26O/c1-11-2-5-15-12(8-11)3-7-17-16(15)6-4-13-9-14(19)10-18(13)17/h12-13,15-18H,1-10H2/t12-,13+,15-,16+,17+,18+/m1/s1. The second kappa shape index (κ2) is 4.46. The number of carbonyl (C=O) groups excluding carboxylic acids is 1. The Balaban J connectivity index is 1.56. The molecule has 4 aliphatic carbocycles. The number of carbonyl (C=O) groups is 1. The largest absolute Gasteiger partial charge is 0.300 e. The highest BCUT2D eigenvalue weighted by atomic mass is 16.1. The van der Waals surface area contributed by atoms with Crippen molar-refractivity contribution < 1.29 is 4.79 Å². The minimum Gasteiger partial charge on any atom is -0.300 e. The molecule has 4 rings (SSSR count). The Hall–Kier alpha value is -0.590. The summed E-state index contributed by atoms with van der Waals surface area (Å²) in [4.78, 5) is 11.8. The zero-order valence-electron chi connectivity index (χ0n) is 11.9. The van der Waals surface area contributed by atoms with Gasteiger partial charge in [-0.1, -0.05) is 12.2 Å². The van der Waals surface area contributed by atoms with Crippen LogP contribution in [0.15, 0.2) is 12.2 Å². The molecule has 0 N–H and O–H groups in total. The minimum atomic E-state index is 0.565. The third-order valence-electron chi connectivity index (χ3n) is 6.94. The van der Waals surface area contributed by atoms with Gasteiger partial charge < -0.3 is 0 Å². The first-order valence-corrected chi connectivity index (χ1v) is 8.40. The summed E-state index contributed by atoms with van der Waals surface area (Å²) in [5, 5.41) is 0. The normalized spacial score (nSPS) is 49.5. The Bertz CT molecular complexity index is 410. The molecule has 0 amide bonds. The zero-order valence-corrected chi connectivity index (χ0v) is 11.9. The lowest BCUT2D eigenvalue weighted by Crippen LogP contribution is -2.43. The van der Waals surface area contributed by atoms with Crippen LogP contribution in [-0.2, 0) is 4.79 Å². The molecule has 0 bridgehead atoms. The van der Waals surface area contributed by atoms with Gasteiger partial charge in [0.1, 0.15) is 5.78 Å². The van der Waals surface area contributed by atoms with Crippen LogP contribution in [0, 0.1) is 35.5 Å². The van der Waals surface area contributed by atoms with Crippen LogP contribution in [0.2, 0.25) is 0 Å². The van der Waals surface area contributed by atoms with Crippen LogP contribution in [-0.4, -0.2) is 5.78 Å². The molecule has 1 nitrogen and oxygen atoms in total. The molecule has 4 aliphatic rings. The number of allylic oxidation sites excluding steroid dienone is 1. The van der Waals surface area contributed by atoms with Crippen LogP contribution in [0.1, 0.15) is 57.8 Å². The molecule has 0 aliphatic heterocycles. The first-order valence-electron chi connectivity index (χ1n) is 8.40. The van der Waals surface area contributed by atoms with Gasteiger partial charge in [-0.3, -0.25) is 4.79 Å². The van der Waals surface area contributed by atoms with Gasteiger partial charge in [0.15, 0.2) is 0 Å². The molecular formula is C18H26O. The van der Waals surface area contributed by atoms with Crippen LogP contribution >= 0.6 is 0 Å². The molecule has 1 heteroatoms. The maximum absolute atomic E-state index is 11.8. The molecule has 0 aromatic heterocycles. The van der Waals surface area contributed by atoms with Crippen molar-refractivity contribution in [3.63, 3.8) is 0 Å². The maximum Gasteiger partial charge on any atom is 0.133 e. The second-order valence-corrected chi connectivity index (χ2v) is 7.77. The van der Waals surface area contributed by atoms with Crippen molar-refractivity contribution in [3.05, 3.63) is 12.2 Å². The molecular weight excluding hydrogens is 232 g/mol. The topological polar surface area (TPSA) is 17.1 Å². The molecule has 0 aromatic rings. The predicted molar refractivity (Wildman–Crippen MR) is 76.6 cm³/mol.